The van der Waals surface area contributed by atoms with E-state index in [0.717, 1.165) is 30.9 Å². The topological polar surface area (TPSA) is 41.6 Å². The van der Waals surface area contributed by atoms with E-state index in [0.29, 0.717) is 0 Å². The summed E-state index contributed by atoms with van der Waals surface area (Å²) in [5.74, 6) is 0.979. The number of ether oxygens (including phenoxy) is 1. The van der Waals surface area contributed by atoms with Gasteiger partial charge in [-0.05, 0) is 45.2 Å². The van der Waals surface area contributed by atoms with Gasteiger partial charge in [0.15, 0.2) is 5.78 Å². The van der Waals surface area contributed by atoms with Gasteiger partial charge in [-0.3, -0.25) is 9.69 Å². The maximum atomic E-state index is 12.4. The summed E-state index contributed by atoms with van der Waals surface area (Å²) in [5.41, 5.74) is 0.747. The molecule has 19 heavy (non-hydrogen) atoms. The van der Waals surface area contributed by atoms with Crippen LogP contribution in [-0.4, -0.2) is 49.5 Å². The second-order valence-corrected chi connectivity index (χ2v) is 5.26. The molecule has 2 rings (SSSR count). The van der Waals surface area contributed by atoms with E-state index >= 15 is 0 Å². The molecular formula is C15H22N2O2. The summed E-state index contributed by atoms with van der Waals surface area (Å²) >= 11 is 0. The number of hydrogen-bond acceptors (Lipinski definition) is 4. The summed E-state index contributed by atoms with van der Waals surface area (Å²) in [5, 5.41) is 3.27. The second kappa shape index (κ2) is 6.17. The van der Waals surface area contributed by atoms with Crippen LogP contribution in [0.5, 0.6) is 5.75 Å². The Kier molecular flexibility index (Phi) is 4.56. The Labute approximate surface area is 114 Å². The highest BCUT2D eigenvalue weighted by atomic mass is 16.5. The predicted molar refractivity (Wildman–Crippen MR) is 75.8 cm³/mol. The first-order valence-corrected chi connectivity index (χ1v) is 6.80. The number of carbonyl (C=O) groups excluding carboxylic acids is 1. The molecule has 1 fully saturated rings. The fraction of sp³-hybridized carbons (Fsp3) is 0.533. The highest BCUT2D eigenvalue weighted by Crippen LogP contribution is 2.16. The molecule has 1 saturated heterocycles. The quantitative estimate of drug-likeness (QED) is 0.836. The minimum Gasteiger partial charge on any atom is -0.491 e. The zero-order valence-electron chi connectivity index (χ0n) is 11.8. The van der Waals surface area contributed by atoms with E-state index in [9.17, 15) is 4.79 Å². The number of nitrogens with one attached hydrogen (secondary N) is 1. The molecule has 0 aromatic heterocycles. The van der Waals surface area contributed by atoms with Crippen LogP contribution in [0.4, 0.5) is 0 Å². The van der Waals surface area contributed by atoms with Crippen molar-refractivity contribution < 1.29 is 9.53 Å². The van der Waals surface area contributed by atoms with Gasteiger partial charge in [0.05, 0.1) is 12.1 Å². The van der Waals surface area contributed by atoms with Crippen LogP contribution in [0.15, 0.2) is 24.3 Å². The second-order valence-electron chi connectivity index (χ2n) is 5.26. The molecule has 1 atom stereocenters. The average Bonchev–Trinajstić information content (AvgIpc) is 2.39. The molecule has 1 heterocycles. The van der Waals surface area contributed by atoms with Crippen molar-refractivity contribution in [2.24, 2.45) is 0 Å². The highest BCUT2D eigenvalue weighted by Gasteiger charge is 2.26. The van der Waals surface area contributed by atoms with Gasteiger partial charge in [0.1, 0.15) is 5.75 Å². The predicted octanol–water partition coefficient (Wildman–Crippen LogP) is 1.56. The van der Waals surface area contributed by atoms with Crippen LogP contribution in [0.3, 0.4) is 0 Å². The molecule has 0 aliphatic carbocycles. The van der Waals surface area contributed by atoms with Gasteiger partial charge >= 0.3 is 0 Å². The van der Waals surface area contributed by atoms with E-state index < -0.39 is 0 Å². The van der Waals surface area contributed by atoms with Crippen LogP contribution in [0.2, 0.25) is 0 Å². The highest BCUT2D eigenvalue weighted by molar-refractivity contribution is 6.00. The van der Waals surface area contributed by atoms with E-state index in [1.807, 2.05) is 45.2 Å². The van der Waals surface area contributed by atoms with Gasteiger partial charge in [-0.15, -0.1) is 0 Å². The van der Waals surface area contributed by atoms with Gasteiger partial charge in [0.25, 0.3) is 0 Å². The van der Waals surface area contributed by atoms with Crippen LogP contribution >= 0.6 is 0 Å². The number of carbonyl (C=O) groups is 1. The van der Waals surface area contributed by atoms with E-state index in [1.54, 1.807) is 0 Å². The van der Waals surface area contributed by atoms with Crippen molar-refractivity contribution in [1.82, 2.24) is 10.2 Å². The van der Waals surface area contributed by atoms with Gasteiger partial charge in [-0.2, -0.15) is 0 Å². The SMILES string of the molecule is CC(C)Oc1ccc(C(=O)C2CNCCN2C)cc1. The Morgan fingerprint density at radius 3 is 2.63 bits per heavy atom. The third kappa shape index (κ3) is 3.55. The van der Waals surface area contributed by atoms with E-state index in [2.05, 4.69) is 10.2 Å². The van der Waals surface area contributed by atoms with Crippen molar-refractivity contribution in [3.8, 4) is 5.75 Å². The lowest BCUT2D eigenvalue weighted by Crippen LogP contribution is -2.53. The molecule has 0 bridgehead atoms. The van der Waals surface area contributed by atoms with Crippen molar-refractivity contribution in [1.29, 1.82) is 0 Å². The molecule has 4 nitrogen and oxygen atoms in total. The molecular weight excluding hydrogens is 240 g/mol. The van der Waals surface area contributed by atoms with Crippen LogP contribution in [0, 0.1) is 0 Å². The maximum Gasteiger partial charge on any atom is 0.181 e. The van der Waals surface area contributed by atoms with E-state index in [-0.39, 0.29) is 17.9 Å². The molecule has 104 valence electrons. The molecule has 1 N–H and O–H groups in total. The normalized spacial score (nSPS) is 20.5. The Balaban J connectivity index is 2.06. The van der Waals surface area contributed by atoms with Crippen LogP contribution in [0.25, 0.3) is 0 Å². The molecule has 1 aliphatic rings. The molecule has 1 aromatic rings. The monoisotopic (exact) mass is 262 g/mol. The summed E-state index contributed by atoms with van der Waals surface area (Å²) in [4.78, 5) is 14.5. The smallest absolute Gasteiger partial charge is 0.181 e. The first-order valence-electron chi connectivity index (χ1n) is 6.80. The van der Waals surface area contributed by atoms with Crippen molar-refractivity contribution in [2.75, 3.05) is 26.7 Å². The Morgan fingerprint density at radius 1 is 1.37 bits per heavy atom. The molecule has 0 spiro atoms. The van der Waals surface area contributed by atoms with Crippen molar-refractivity contribution in [2.45, 2.75) is 26.0 Å². The lowest BCUT2D eigenvalue weighted by molar-refractivity contribution is 0.0819. The number of benzene rings is 1. The van der Waals surface area contributed by atoms with E-state index in [1.165, 1.54) is 0 Å². The van der Waals surface area contributed by atoms with Crippen LogP contribution in [-0.2, 0) is 0 Å². The number of hydrogen-bond donors (Lipinski definition) is 1. The number of nitrogens with zero attached hydrogens (tertiary/aromatic N) is 1. The van der Waals surface area contributed by atoms with Crippen LogP contribution < -0.4 is 10.1 Å². The molecule has 1 unspecified atom stereocenters. The summed E-state index contributed by atoms with van der Waals surface area (Å²) in [6.07, 6.45) is 0.148. The first-order chi connectivity index (χ1) is 9.08. The maximum absolute atomic E-state index is 12.4. The summed E-state index contributed by atoms with van der Waals surface area (Å²) in [7, 11) is 2.00. The fourth-order valence-corrected chi connectivity index (χ4v) is 2.26. The zero-order chi connectivity index (χ0) is 13.8. The number of rotatable bonds is 4. The zero-order valence-corrected chi connectivity index (χ0v) is 11.8. The summed E-state index contributed by atoms with van der Waals surface area (Å²) in [6, 6.07) is 7.36. The molecule has 0 saturated carbocycles. The number of likely N-dealkylation sites (N-methyl/N-ethyl adjacent to an activating group) is 1. The van der Waals surface area contributed by atoms with Crippen LogP contribution in [0.1, 0.15) is 24.2 Å². The van der Waals surface area contributed by atoms with Gasteiger partial charge in [0.2, 0.25) is 0 Å². The van der Waals surface area contributed by atoms with Crippen molar-refractivity contribution >= 4 is 5.78 Å². The van der Waals surface area contributed by atoms with Gasteiger partial charge in [-0.25, -0.2) is 0 Å². The number of piperazine rings is 1. The minimum atomic E-state index is -0.0642. The number of ketones is 1. The lowest BCUT2D eigenvalue weighted by Gasteiger charge is -2.31. The van der Waals surface area contributed by atoms with Gasteiger partial charge in [-0.1, -0.05) is 0 Å². The Bertz CT molecular complexity index is 428. The molecule has 0 radical (unpaired) electrons. The molecule has 0 amide bonds. The third-order valence-electron chi connectivity index (χ3n) is 3.32. The third-order valence-corrected chi connectivity index (χ3v) is 3.32. The summed E-state index contributed by atoms with van der Waals surface area (Å²) < 4.78 is 5.58. The minimum absolute atomic E-state index is 0.0642. The largest absolute Gasteiger partial charge is 0.491 e. The van der Waals surface area contributed by atoms with Crippen molar-refractivity contribution in [3.05, 3.63) is 29.8 Å². The molecule has 1 aliphatic heterocycles. The fourth-order valence-electron chi connectivity index (χ4n) is 2.26. The Hall–Kier alpha value is -1.39. The average molecular weight is 262 g/mol. The van der Waals surface area contributed by atoms with Crippen molar-refractivity contribution in [3.63, 3.8) is 0 Å². The standard InChI is InChI=1S/C15H22N2O2/c1-11(2)19-13-6-4-12(5-7-13)15(18)14-10-16-8-9-17(14)3/h4-7,11,14,16H,8-10H2,1-3H3. The Morgan fingerprint density at radius 2 is 2.05 bits per heavy atom. The van der Waals surface area contributed by atoms with E-state index in [4.69, 9.17) is 4.74 Å². The first kappa shape index (κ1) is 14.0. The number of Topliss-reactive ketones (excluding diaryl/α,β-unsaturated/α-hetero) is 1. The van der Waals surface area contributed by atoms with Gasteiger partial charge in [0, 0.05) is 25.2 Å². The van der Waals surface area contributed by atoms with Gasteiger partial charge < -0.3 is 10.1 Å². The lowest BCUT2D eigenvalue weighted by atomic mass is 10.0. The molecule has 1 aromatic carbocycles. The summed E-state index contributed by atoms with van der Waals surface area (Å²) in [6.45, 7) is 6.55. The molecule has 4 heteroatoms.